The van der Waals surface area contributed by atoms with Crippen molar-refractivity contribution in [1.82, 2.24) is 4.98 Å². The van der Waals surface area contributed by atoms with Gasteiger partial charge in [-0.15, -0.1) is 0 Å². The summed E-state index contributed by atoms with van der Waals surface area (Å²) >= 11 is 3.38. The molecule has 0 aliphatic heterocycles. The van der Waals surface area contributed by atoms with Gasteiger partial charge in [-0.3, -0.25) is 4.79 Å². The third-order valence-electron chi connectivity index (χ3n) is 2.83. The molecule has 0 unspecified atom stereocenters. The van der Waals surface area contributed by atoms with Gasteiger partial charge in [-0.25, -0.2) is 4.98 Å². The van der Waals surface area contributed by atoms with E-state index in [4.69, 9.17) is 0 Å². The van der Waals surface area contributed by atoms with Crippen molar-refractivity contribution in [2.75, 3.05) is 10.6 Å². The largest absolute Gasteiger partial charge is 0.365 e. The number of halogens is 1. The highest BCUT2D eigenvalue weighted by Gasteiger charge is 2.10. The molecule has 2 N–H and O–H groups in total. The minimum atomic E-state index is -0.0550. The van der Waals surface area contributed by atoms with E-state index >= 15 is 0 Å². The number of carbonyl (C=O) groups excluding carboxylic acids is 1. The summed E-state index contributed by atoms with van der Waals surface area (Å²) in [6, 6.07) is 11.4. The molecular formula is C17H20BrN3O. The number of nitrogens with zero attached hydrogens (tertiary/aromatic N) is 1. The van der Waals surface area contributed by atoms with E-state index in [1.807, 2.05) is 36.4 Å². The Morgan fingerprint density at radius 2 is 1.82 bits per heavy atom. The lowest BCUT2D eigenvalue weighted by atomic mass is 10.1. The number of pyridine rings is 1. The number of anilines is 2. The zero-order valence-electron chi connectivity index (χ0n) is 13.0. The fourth-order valence-corrected chi connectivity index (χ4v) is 2.18. The maximum absolute atomic E-state index is 12.0. The van der Waals surface area contributed by atoms with Gasteiger partial charge in [0.2, 0.25) is 5.91 Å². The van der Waals surface area contributed by atoms with E-state index in [2.05, 4.69) is 52.3 Å². The highest BCUT2D eigenvalue weighted by molar-refractivity contribution is 9.10. The predicted octanol–water partition coefficient (Wildman–Crippen LogP) is 4.24. The van der Waals surface area contributed by atoms with Crippen molar-refractivity contribution in [2.45, 2.75) is 32.7 Å². The lowest BCUT2D eigenvalue weighted by Crippen LogP contribution is -2.26. The van der Waals surface area contributed by atoms with E-state index in [1.165, 1.54) is 0 Å². The molecule has 0 atom stereocenters. The molecular weight excluding hydrogens is 342 g/mol. The van der Waals surface area contributed by atoms with E-state index < -0.39 is 0 Å². The highest BCUT2D eigenvalue weighted by Crippen LogP contribution is 2.15. The Bertz CT molecular complexity index is 630. The standard InChI is InChI=1S/C17H20BrN3O/c1-17(2,3)21-15-9-8-14(11-19-15)20-16(22)10-12-4-6-13(18)7-5-12/h4-9,11H,10H2,1-3H3,(H,19,21)(H,20,22). The van der Waals surface area contributed by atoms with Crippen molar-refractivity contribution in [3.63, 3.8) is 0 Å². The van der Waals surface area contributed by atoms with Crippen LogP contribution in [0.2, 0.25) is 0 Å². The Hall–Kier alpha value is -1.88. The van der Waals surface area contributed by atoms with Crippen LogP contribution in [0.4, 0.5) is 11.5 Å². The van der Waals surface area contributed by atoms with E-state index in [9.17, 15) is 4.79 Å². The molecule has 0 saturated heterocycles. The molecule has 0 spiro atoms. The van der Waals surface area contributed by atoms with Crippen LogP contribution in [-0.2, 0) is 11.2 Å². The van der Waals surface area contributed by atoms with Crippen LogP contribution < -0.4 is 10.6 Å². The normalized spacial score (nSPS) is 11.1. The maximum atomic E-state index is 12.0. The summed E-state index contributed by atoms with van der Waals surface area (Å²) in [7, 11) is 0. The van der Waals surface area contributed by atoms with Gasteiger partial charge in [0.1, 0.15) is 5.82 Å². The van der Waals surface area contributed by atoms with E-state index in [1.54, 1.807) is 6.20 Å². The van der Waals surface area contributed by atoms with Gasteiger partial charge in [0.05, 0.1) is 18.3 Å². The molecule has 0 bridgehead atoms. The summed E-state index contributed by atoms with van der Waals surface area (Å²) in [6.45, 7) is 6.22. The number of aromatic nitrogens is 1. The van der Waals surface area contributed by atoms with Gasteiger partial charge < -0.3 is 10.6 Å². The molecule has 2 aromatic rings. The lowest BCUT2D eigenvalue weighted by molar-refractivity contribution is -0.115. The van der Waals surface area contributed by atoms with Gasteiger partial charge in [-0.2, -0.15) is 0 Å². The van der Waals surface area contributed by atoms with Crippen molar-refractivity contribution < 1.29 is 4.79 Å². The zero-order chi connectivity index (χ0) is 16.2. The molecule has 1 aromatic carbocycles. The van der Waals surface area contributed by atoms with E-state index in [0.29, 0.717) is 12.1 Å². The first-order valence-corrected chi connectivity index (χ1v) is 7.90. The summed E-state index contributed by atoms with van der Waals surface area (Å²) in [5.74, 6) is 0.735. The Kier molecular flexibility index (Phi) is 5.19. The van der Waals surface area contributed by atoms with Crippen LogP contribution in [0.25, 0.3) is 0 Å². The number of carbonyl (C=O) groups is 1. The topological polar surface area (TPSA) is 54.0 Å². The first-order valence-electron chi connectivity index (χ1n) is 7.10. The summed E-state index contributed by atoms with van der Waals surface area (Å²) in [5, 5.41) is 6.13. The van der Waals surface area contributed by atoms with Crippen molar-refractivity contribution in [3.8, 4) is 0 Å². The number of nitrogens with one attached hydrogen (secondary N) is 2. The number of hydrogen-bond acceptors (Lipinski definition) is 3. The Labute approximate surface area is 139 Å². The molecule has 0 aliphatic rings. The summed E-state index contributed by atoms with van der Waals surface area (Å²) in [6.07, 6.45) is 2.00. The average molecular weight is 362 g/mol. The van der Waals surface area contributed by atoms with Crippen molar-refractivity contribution in [3.05, 3.63) is 52.6 Å². The summed E-state index contributed by atoms with van der Waals surface area (Å²) in [4.78, 5) is 16.3. The second-order valence-electron chi connectivity index (χ2n) is 6.16. The fraction of sp³-hybridized carbons (Fsp3) is 0.294. The fourth-order valence-electron chi connectivity index (χ4n) is 1.92. The Morgan fingerprint density at radius 3 is 2.36 bits per heavy atom. The van der Waals surface area contributed by atoms with Gasteiger partial charge in [-0.1, -0.05) is 28.1 Å². The lowest BCUT2D eigenvalue weighted by Gasteiger charge is -2.21. The summed E-state index contributed by atoms with van der Waals surface area (Å²) in [5.41, 5.74) is 1.63. The molecule has 5 heteroatoms. The third-order valence-corrected chi connectivity index (χ3v) is 3.36. The predicted molar refractivity (Wildman–Crippen MR) is 94.1 cm³/mol. The second-order valence-corrected chi connectivity index (χ2v) is 7.07. The van der Waals surface area contributed by atoms with Gasteiger partial charge in [0.15, 0.2) is 0 Å². The van der Waals surface area contributed by atoms with Crippen LogP contribution in [0.5, 0.6) is 0 Å². The Balaban J connectivity index is 1.93. The second kappa shape index (κ2) is 6.92. The summed E-state index contributed by atoms with van der Waals surface area (Å²) < 4.78 is 1.00. The molecule has 1 amide bonds. The minimum Gasteiger partial charge on any atom is -0.365 e. The third kappa shape index (κ3) is 5.48. The molecule has 0 radical (unpaired) electrons. The van der Waals surface area contributed by atoms with Gasteiger partial charge >= 0.3 is 0 Å². The van der Waals surface area contributed by atoms with Crippen LogP contribution in [-0.4, -0.2) is 16.4 Å². The van der Waals surface area contributed by atoms with Crippen LogP contribution in [0.3, 0.4) is 0 Å². The Morgan fingerprint density at radius 1 is 1.14 bits per heavy atom. The molecule has 2 rings (SSSR count). The molecule has 0 fully saturated rings. The average Bonchev–Trinajstić information content (AvgIpc) is 2.42. The van der Waals surface area contributed by atoms with Crippen LogP contribution >= 0.6 is 15.9 Å². The van der Waals surface area contributed by atoms with Crippen molar-refractivity contribution in [2.24, 2.45) is 0 Å². The van der Waals surface area contributed by atoms with Gasteiger partial charge in [0, 0.05) is 10.0 Å². The number of amides is 1. The number of rotatable bonds is 4. The monoisotopic (exact) mass is 361 g/mol. The molecule has 1 heterocycles. The van der Waals surface area contributed by atoms with Gasteiger partial charge in [-0.05, 0) is 50.6 Å². The molecule has 1 aromatic heterocycles. The quantitative estimate of drug-likeness (QED) is 0.856. The zero-order valence-corrected chi connectivity index (χ0v) is 14.6. The molecule has 0 saturated carbocycles. The van der Waals surface area contributed by atoms with Crippen LogP contribution in [0, 0.1) is 0 Å². The van der Waals surface area contributed by atoms with Gasteiger partial charge in [0.25, 0.3) is 0 Å². The highest BCUT2D eigenvalue weighted by atomic mass is 79.9. The van der Waals surface area contributed by atoms with Crippen molar-refractivity contribution >= 4 is 33.3 Å². The number of benzene rings is 1. The number of hydrogen-bond donors (Lipinski definition) is 2. The van der Waals surface area contributed by atoms with E-state index in [-0.39, 0.29) is 11.4 Å². The smallest absolute Gasteiger partial charge is 0.228 e. The molecule has 22 heavy (non-hydrogen) atoms. The van der Waals surface area contributed by atoms with Crippen molar-refractivity contribution in [1.29, 1.82) is 0 Å². The molecule has 4 nitrogen and oxygen atoms in total. The maximum Gasteiger partial charge on any atom is 0.228 e. The van der Waals surface area contributed by atoms with Crippen LogP contribution in [0.15, 0.2) is 47.1 Å². The first kappa shape index (κ1) is 16.5. The SMILES string of the molecule is CC(C)(C)Nc1ccc(NC(=O)Cc2ccc(Br)cc2)cn1. The van der Waals surface area contributed by atoms with E-state index in [0.717, 1.165) is 15.9 Å². The molecule has 116 valence electrons. The first-order chi connectivity index (χ1) is 10.3. The molecule has 0 aliphatic carbocycles. The van der Waals surface area contributed by atoms with Crippen LogP contribution in [0.1, 0.15) is 26.3 Å². The minimum absolute atomic E-state index is 0.0423.